The van der Waals surface area contributed by atoms with Gasteiger partial charge >= 0.3 is 0 Å². The number of aliphatic hydroxyl groups excluding tert-OH is 1. The molecule has 0 bridgehead atoms. The van der Waals surface area contributed by atoms with E-state index in [0.29, 0.717) is 28.5 Å². The number of hydrogen-bond acceptors (Lipinski definition) is 5. The molecule has 1 fully saturated rings. The number of Topliss-reactive ketones (excluding diaryl/α,β-unsaturated/α-hetero) is 1. The Labute approximate surface area is 219 Å². The van der Waals surface area contributed by atoms with E-state index < -0.39 is 17.7 Å². The minimum Gasteiger partial charge on any atom is -0.507 e. The molecule has 0 unspecified atom stereocenters. The van der Waals surface area contributed by atoms with Crippen LogP contribution in [0.15, 0.2) is 72.3 Å². The Hall–Kier alpha value is -3.32. The predicted molar refractivity (Wildman–Crippen MR) is 139 cm³/mol. The summed E-state index contributed by atoms with van der Waals surface area (Å²) in [6, 6.07) is 18.8. The molecule has 1 atom stereocenters. The fraction of sp³-hybridized carbons (Fsp3) is 0.214. The van der Waals surface area contributed by atoms with Gasteiger partial charge in [-0.25, -0.2) is 0 Å². The summed E-state index contributed by atoms with van der Waals surface area (Å²) in [5.41, 5.74) is 3.10. The highest BCUT2D eigenvalue weighted by Gasteiger charge is 2.46. The van der Waals surface area contributed by atoms with Gasteiger partial charge in [0.2, 0.25) is 0 Å². The zero-order valence-electron chi connectivity index (χ0n) is 19.8. The molecule has 0 aromatic heterocycles. The molecule has 0 radical (unpaired) electrons. The molecule has 1 aliphatic rings. The molecule has 3 aromatic carbocycles. The van der Waals surface area contributed by atoms with E-state index in [0.717, 1.165) is 11.1 Å². The number of carbonyl (C=O) groups is 2. The van der Waals surface area contributed by atoms with Gasteiger partial charge in [-0.3, -0.25) is 9.59 Å². The smallest absolute Gasteiger partial charge is 0.295 e. The molecule has 8 heteroatoms. The number of likely N-dealkylation sites (tertiary alicyclic amines) is 1. The number of amides is 1. The average molecular weight is 526 g/mol. The summed E-state index contributed by atoms with van der Waals surface area (Å²) in [7, 11) is 1.51. The van der Waals surface area contributed by atoms with Crippen LogP contribution in [-0.2, 0) is 20.9 Å². The molecule has 1 N–H and O–H groups in total. The Balaban J connectivity index is 1.66. The molecule has 1 heterocycles. The number of benzene rings is 3. The van der Waals surface area contributed by atoms with Crippen molar-refractivity contribution in [3.63, 3.8) is 0 Å². The van der Waals surface area contributed by atoms with Crippen molar-refractivity contribution in [3.8, 4) is 5.75 Å². The molecular formula is C28H25Cl2NO5. The number of aryl methyl sites for hydroxylation is 1. The van der Waals surface area contributed by atoms with Gasteiger partial charge in [-0.15, -0.1) is 0 Å². The first kappa shape index (κ1) is 25.8. The van der Waals surface area contributed by atoms with E-state index in [4.69, 9.17) is 32.7 Å². The molecular weight excluding hydrogens is 501 g/mol. The quantitative estimate of drug-likeness (QED) is 0.223. The first-order chi connectivity index (χ1) is 17.3. The van der Waals surface area contributed by atoms with Gasteiger partial charge in [-0.2, -0.15) is 0 Å². The number of nitrogens with zero attached hydrogens (tertiary/aromatic N) is 1. The first-order valence-electron chi connectivity index (χ1n) is 11.3. The van der Waals surface area contributed by atoms with E-state index in [-0.39, 0.29) is 29.5 Å². The second kappa shape index (κ2) is 11.2. The van der Waals surface area contributed by atoms with E-state index >= 15 is 0 Å². The van der Waals surface area contributed by atoms with E-state index in [1.54, 1.807) is 42.5 Å². The van der Waals surface area contributed by atoms with E-state index in [1.165, 1.54) is 12.0 Å². The third-order valence-electron chi connectivity index (χ3n) is 5.95. The Morgan fingerprint density at radius 2 is 1.75 bits per heavy atom. The number of ether oxygens (including phenoxy) is 2. The fourth-order valence-corrected chi connectivity index (χ4v) is 4.47. The predicted octanol–water partition coefficient (Wildman–Crippen LogP) is 5.95. The van der Waals surface area contributed by atoms with Crippen molar-refractivity contribution < 1.29 is 24.2 Å². The number of hydrogen-bond donors (Lipinski definition) is 1. The van der Waals surface area contributed by atoms with Gasteiger partial charge in [0.1, 0.15) is 18.1 Å². The summed E-state index contributed by atoms with van der Waals surface area (Å²) in [4.78, 5) is 27.3. The molecule has 0 saturated carbocycles. The standard InChI is InChI=1S/C28H25Cl2NO5/c1-17-4-3-5-18(14-17)16-36-21-9-6-19(7-10-21)26(32)24-25(20-8-11-22(29)23(30)15-20)31(12-13-35-2)28(34)27(24)33/h3-11,14-15,25,32H,12-13,16H2,1-2H3/b26-24+/t25-/m0/s1. The lowest BCUT2D eigenvalue weighted by Gasteiger charge is -2.25. The van der Waals surface area contributed by atoms with Crippen LogP contribution in [0.2, 0.25) is 10.0 Å². The highest BCUT2D eigenvalue weighted by Crippen LogP contribution is 2.41. The molecule has 1 aliphatic heterocycles. The lowest BCUT2D eigenvalue weighted by molar-refractivity contribution is -0.140. The second-order valence-electron chi connectivity index (χ2n) is 8.46. The van der Waals surface area contributed by atoms with Crippen molar-refractivity contribution in [1.29, 1.82) is 0 Å². The number of methoxy groups -OCH3 is 1. The summed E-state index contributed by atoms with van der Waals surface area (Å²) in [5.74, 6) is -1.17. The van der Waals surface area contributed by atoms with Crippen LogP contribution in [0.25, 0.3) is 5.76 Å². The maximum Gasteiger partial charge on any atom is 0.295 e. The SMILES string of the molecule is COCCN1C(=O)C(=O)/C(=C(/O)c2ccc(OCc3cccc(C)c3)cc2)[C@@H]1c1ccc(Cl)c(Cl)c1. The zero-order valence-corrected chi connectivity index (χ0v) is 21.3. The monoisotopic (exact) mass is 525 g/mol. The molecule has 0 spiro atoms. The number of rotatable bonds is 8. The molecule has 1 saturated heterocycles. The Kier molecular flexibility index (Phi) is 7.99. The highest BCUT2D eigenvalue weighted by atomic mass is 35.5. The maximum atomic E-state index is 13.0. The summed E-state index contributed by atoms with van der Waals surface area (Å²) in [6.07, 6.45) is 0. The molecule has 186 valence electrons. The first-order valence-corrected chi connectivity index (χ1v) is 12.1. The summed E-state index contributed by atoms with van der Waals surface area (Å²) in [6.45, 7) is 2.80. The largest absolute Gasteiger partial charge is 0.507 e. The minimum absolute atomic E-state index is 0.0251. The van der Waals surface area contributed by atoms with Crippen molar-refractivity contribution in [1.82, 2.24) is 4.90 Å². The zero-order chi connectivity index (χ0) is 25.8. The van der Waals surface area contributed by atoms with Crippen LogP contribution in [0.4, 0.5) is 0 Å². The lowest BCUT2D eigenvalue weighted by Crippen LogP contribution is -2.32. The average Bonchev–Trinajstić information content (AvgIpc) is 3.12. The van der Waals surface area contributed by atoms with Crippen molar-refractivity contribution in [2.24, 2.45) is 0 Å². The fourth-order valence-electron chi connectivity index (χ4n) is 4.16. The van der Waals surface area contributed by atoms with Gasteiger partial charge in [0, 0.05) is 19.2 Å². The number of ketones is 1. The normalized spacial score (nSPS) is 17.0. The minimum atomic E-state index is -0.841. The van der Waals surface area contributed by atoms with Gasteiger partial charge in [0.25, 0.3) is 11.7 Å². The van der Waals surface area contributed by atoms with Crippen LogP contribution in [-0.4, -0.2) is 42.0 Å². The molecule has 0 aliphatic carbocycles. The van der Waals surface area contributed by atoms with E-state index in [9.17, 15) is 14.7 Å². The maximum absolute atomic E-state index is 13.0. The third kappa shape index (κ3) is 5.41. The van der Waals surface area contributed by atoms with Crippen LogP contribution < -0.4 is 4.74 Å². The summed E-state index contributed by atoms with van der Waals surface area (Å²) >= 11 is 12.3. The number of halogens is 2. The van der Waals surface area contributed by atoms with Crippen molar-refractivity contribution in [2.75, 3.05) is 20.3 Å². The Morgan fingerprint density at radius 1 is 1.00 bits per heavy atom. The Bertz CT molecular complexity index is 1320. The van der Waals surface area contributed by atoms with E-state index in [1.807, 2.05) is 31.2 Å². The van der Waals surface area contributed by atoms with Crippen LogP contribution in [0.5, 0.6) is 5.75 Å². The lowest BCUT2D eigenvalue weighted by atomic mass is 9.95. The highest BCUT2D eigenvalue weighted by molar-refractivity contribution is 6.46. The van der Waals surface area contributed by atoms with Crippen molar-refractivity contribution >= 4 is 40.7 Å². The van der Waals surface area contributed by atoms with Crippen molar-refractivity contribution in [3.05, 3.63) is 105 Å². The van der Waals surface area contributed by atoms with Gasteiger partial charge in [0.05, 0.1) is 28.3 Å². The summed E-state index contributed by atoms with van der Waals surface area (Å²) in [5, 5.41) is 11.8. The second-order valence-corrected chi connectivity index (χ2v) is 9.28. The van der Waals surface area contributed by atoms with Gasteiger partial charge in [0.15, 0.2) is 0 Å². The van der Waals surface area contributed by atoms with Crippen LogP contribution in [0.3, 0.4) is 0 Å². The van der Waals surface area contributed by atoms with Crippen LogP contribution >= 0.6 is 23.2 Å². The molecule has 6 nitrogen and oxygen atoms in total. The molecule has 1 amide bonds. The van der Waals surface area contributed by atoms with Gasteiger partial charge in [-0.05, 0) is 54.4 Å². The molecule has 36 heavy (non-hydrogen) atoms. The van der Waals surface area contributed by atoms with Gasteiger partial charge < -0.3 is 19.5 Å². The molecule has 3 aromatic rings. The van der Waals surface area contributed by atoms with Crippen LogP contribution in [0, 0.1) is 6.92 Å². The Morgan fingerprint density at radius 3 is 2.42 bits per heavy atom. The summed E-state index contributed by atoms with van der Waals surface area (Å²) < 4.78 is 11.0. The van der Waals surface area contributed by atoms with E-state index in [2.05, 4.69) is 0 Å². The topological polar surface area (TPSA) is 76.1 Å². The molecule has 4 rings (SSSR count). The number of aliphatic hydroxyl groups is 1. The third-order valence-corrected chi connectivity index (χ3v) is 6.69. The number of carbonyl (C=O) groups excluding carboxylic acids is 2. The van der Waals surface area contributed by atoms with Crippen LogP contribution in [0.1, 0.15) is 28.3 Å². The van der Waals surface area contributed by atoms with Gasteiger partial charge in [-0.1, -0.05) is 59.1 Å². The van der Waals surface area contributed by atoms with Crippen molar-refractivity contribution in [2.45, 2.75) is 19.6 Å².